The summed E-state index contributed by atoms with van der Waals surface area (Å²) in [6.07, 6.45) is 4.18. The Balaban J connectivity index is 2.25. The predicted octanol–water partition coefficient (Wildman–Crippen LogP) is 2.10. The molecule has 0 aliphatic carbocycles. The van der Waals surface area contributed by atoms with E-state index >= 15 is 0 Å². The second-order valence-electron chi connectivity index (χ2n) is 5.41. The van der Waals surface area contributed by atoms with E-state index in [0.29, 0.717) is 11.4 Å². The van der Waals surface area contributed by atoms with Crippen LogP contribution in [-0.2, 0) is 14.8 Å². The van der Waals surface area contributed by atoms with Crippen LogP contribution in [0.15, 0.2) is 42.7 Å². The molecular formula is C16H19N3O3S. The standard InChI is InChI=1S/C16H19N3O3S/c1-12-7-13(2)9-15(8-12)19(23(3,21)22)11-16(20)18-14-5-4-6-17-10-14/h4-10H,11H2,1-3H3,(H,18,20). The van der Waals surface area contributed by atoms with Crippen LogP contribution in [0.25, 0.3) is 0 Å². The number of carbonyl (C=O) groups excluding carboxylic acids is 1. The molecule has 1 aromatic carbocycles. The van der Waals surface area contributed by atoms with Crippen molar-refractivity contribution in [3.05, 3.63) is 53.9 Å². The predicted molar refractivity (Wildman–Crippen MR) is 91.0 cm³/mol. The molecule has 2 rings (SSSR count). The molecule has 122 valence electrons. The number of nitrogens with one attached hydrogen (secondary N) is 1. The highest BCUT2D eigenvalue weighted by atomic mass is 32.2. The van der Waals surface area contributed by atoms with E-state index < -0.39 is 15.9 Å². The normalized spacial score (nSPS) is 11.1. The van der Waals surface area contributed by atoms with Gasteiger partial charge in [-0.15, -0.1) is 0 Å². The molecule has 0 saturated heterocycles. The molecule has 0 spiro atoms. The summed E-state index contributed by atoms with van der Waals surface area (Å²) in [5.74, 6) is -0.428. The van der Waals surface area contributed by atoms with Crippen LogP contribution in [0.5, 0.6) is 0 Å². The summed E-state index contributed by atoms with van der Waals surface area (Å²) in [4.78, 5) is 16.1. The van der Waals surface area contributed by atoms with Gasteiger partial charge in [0.1, 0.15) is 6.54 Å². The third-order valence-electron chi connectivity index (χ3n) is 3.13. The van der Waals surface area contributed by atoms with Crippen LogP contribution in [0.2, 0.25) is 0 Å². The highest BCUT2D eigenvalue weighted by Gasteiger charge is 2.21. The minimum atomic E-state index is -3.58. The van der Waals surface area contributed by atoms with E-state index in [1.54, 1.807) is 30.5 Å². The molecule has 0 radical (unpaired) electrons. The van der Waals surface area contributed by atoms with E-state index in [9.17, 15) is 13.2 Å². The zero-order chi connectivity index (χ0) is 17.0. The van der Waals surface area contributed by atoms with Gasteiger partial charge in [-0.25, -0.2) is 8.42 Å². The number of pyridine rings is 1. The van der Waals surface area contributed by atoms with Gasteiger partial charge in [-0.2, -0.15) is 0 Å². The lowest BCUT2D eigenvalue weighted by molar-refractivity contribution is -0.114. The fourth-order valence-electron chi connectivity index (χ4n) is 2.26. The molecular weight excluding hydrogens is 314 g/mol. The molecule has 7 heteroatoms. The summed E-state index contributed by atoms with van der Waals surface area (Å²) >= 11 is 0. The molecule has 6 nitrogen and oxygen atoms in total. The van der Waals surface area contributed by atoms with Crippen LogP contribution < -0.4 is 9.62 Å². The van der Waals surface area contributed by atoms with Crippen molar-refractivity contribution >= 4 is 27.3 Å². The van der Waals surface area contributed by atoms with Crippen molar-refractivity contribution in [3.63, 3.8) is 0 Å². The molecule has 1 amide bonds. The van der Waals surface area contributed by atoms with Crippen LogP contribution >= 0.6 is 0 Å². The lowest BCUT2D eigenvalue weighted by atomic mass is 10.1. The van der Waals surface area contributed by atoms with Gasteiger partial charge >= 0.3 is 0 Å². The number of aromatic nitrogens is 1. The fourth-order valence-corrected chi connectivity index (χ4v) is 3.10. The lowest BCUT2D eigenvalue weighted by Crippen LogP contribution is -2.37. The third kappa shape index (κ3) is 4.79. The molecule has 1 aromatic heterocycles. The highest BCUT2D eigenvalue weighted by molar-refractivity contribution is 7.92. The molecule has 0 bridgehead atoms. The van der Waals surface area contributed by atoms with Crippen LogP contribution in [0, 0.1) is 13.8 Å². The highest BCUT2D eigenvalue weighted by Crippen LogP contribution is 2.21. The monoisotopic (exact) mass is 333 g/mol. The van der Waals surface area contributed by atoms with Crippen LogP contribution in [0.1, 0.15) is 11.1 Å². The number of aryl methyl sites for hydroxylation is 2. The molecule has 0 aliphatic heterocycles. The number of amides is 1. The van der Waals surface area contributed by atoms with Crippen LogP contribution in [-0.4, -0.2) is 32.1 Å². The Morgan fingerprint density at radius 3 is 2.39 bits per heavy atom. The number of benzene rings is 1. The number of nitrogens with zero attached hydrogens (tertiary/aromatic N) is 2. The Morgan fingerprint density at radius 2 is 1.87 bits per heavy atom. The van der Waals surface area contributed by atoms with Gasteiger partial charge < -0.3 is 5.32 Å². The van der Waals surface area contributed by atoms with Crippen molar-refractivity contribution in [2.45, 2.75) is 13.8 Å². The maximum atomic E-state index is 12.2. The maximum absolute atomic E-state index is 12.2. The molecule has 2 aromatic rings. The first-order valence-corrected chi connectivity index (χ1v) is 8.86. The van der Waals surface area contributed by atoms with Gasteiger partial charge in [0.05, 0.1) is 23.8 Å². The number of rotatable bonds is 5. The van der Waals surface area contributed by atoms with Crippen molar-refractivity contribution in [2.75, 3.05) is 22.4 Å². The summed E-state index contributed by atoms with van der Waals surface area (Å²) in [6.45, 7) is 3.47. The maximum Gasteiger partial charge on any atom is 0.245 e. The Kier molecular flexibility index (Phi) is 5.00. The molecule has 23 heavy (non-hydrogen) atoms. The average molecular weight is 333 g/mol. The summed E-state index contributed by atoms with van der Waals surface area (Å²) in [6, 6.07) is 8.80. The lowest BCUT2D eigenvalue weighted by Gasteiger charge is -2.22. The van der Waals surface area contributed by atoms with Gasteiger partial charge in [0, 0.05) is 6.20 Å². The molecule has 1 N–H and O–H groups in total. The van der Waals surface area contributed by atoms with Crippen molar-refractivity contribution in [2.24, 2.45) is 0 Å². The quantitative estimate of drug-likeness (QED) is 0.909. The van der Waals surface area contributed by atoms with Crippen LogP contribution in [0.3, 0.4) is 0 Å². The minimum absolute atomic E-state index is 0.295. The minimum Gasteiger partial charge on any atom is -0.323 e. The number of hydrogen-bond donors (Lipinski definition) is 1. The number of hydrogen-bond acceptors (Lipinski definition) is 4. The Bertz CT molecular complexity index is 784. The Hall–Kier alpha value is -2.41. The van der Waals surface area contributed by atoms with Gasteiger partial charge in [0.15, 0.2) is 0 Å². The first kappa shape index (κ1) is 17.0. The van der Waals surface area contributed by atoms with Crippen molar-refractivity contribution in [1.29, 1.82) is 0 Å². The van der Waals surface area contributed by atoms with E-state index in [-0.39, 0.29) is 6.54 Å². The molecule has 0 fully saturated rings. The third-order valence-corrected chi connectivity index (χ3v) is 4.27. The van der Waals surface area contributed by atoms with Gasteiger partial charge in [-0.3, -0.25) is 14.1 Å². The molecule has 0 unspecified atom stereocenters. The topological polar surface area (TPSA) is 79.4 Å². The second-order valence-corrected chi connectivity index (χ2v) is 7.31. The van der Waals surface area contributed by atoms with Crippen molar-refractivity contribution in [1.82, 2.24) is 4.98 Å². The van der Waals surface area contributed by atoms with Crippen molar-refractivity contribution in [3.8, 4) is 0 Å². The first-order valence-electron chi connectivity index (χ1n) is 7.01. The fraction of sp³-hybridized carbons (Fsp3) is 0.250. The van der Waals surface area contributed by atoms with E-state index in [2.05, 4.69) is 10.3 Å². The van der Waals surface area contributed by atoms with E-state index in [1.165, 1.54) is 6.20 Å². The second kappa shape index (κ2) is 6.78. The largest absolute Gasteiger partial charge is 0.323 e. The van der Waals surface area contributed by atoms with Gasteiger partial charge in [0.25, 0.3) is 0 Å². The Morgan fingerprint density at radius 1 is 1.22 bits per heavy atom. The summed E-state index contributed by atoms with van der Waals surface area (Å²) in [5, 5.41) is 2.64. The van der Waals surface area contributed by atoms with Gasteiger partial charge in [-0.05, 0) is 49.2 Å². The van der Waals surface area contributed by atoms with Gasteiger partial charge in [0.2, 0.25) is 15.9 Å². The summed E-state index contributed by atoms with van der Waals surface area (Å²) < 4.78 is 25.2. The van der Waals surface area contributed by atoms with Crippen molar-refractivity contribution < 1.29 is 13.2 Å². The zero-order valence-corrected chi connectivity index (χ0v) is 14.1. The number of anilines is 2. The number of carbonyl (C=O) groups is 1. The summed E-state index contributed by atoms with van der Waals surface area (Å²) in [7, 11) is -3.58. The van der Waals surface area contributed by atoms with E-state index in [4.69, 9.17) is 0 Å². The Labute approximate surface area is 136 Å². The van der Waals surface area contributed by atoms with Crippen LogP contribution in [0.4, 0.5) is 11.4 Å². The number of sulfonamides is 1. The first-order chi connectivity index (χ1) is 10.8. The molecule has 0 aliphatic rings. The zero-order valence-electron chi connectivity index (χ0n) is 13.3. The smallest absolute Gasteiger partial charge is 0.245 e. The van der Waals surface area contributed by atoms with Gasteiger partial charge in [-0.1, -0.05) is 6.07 Å². The summed E-state index contributed by atoms with van der Waals surface area (Å²) in [5.41, 5.74) is 2.86. The average Bonchev–Trinajstić information content (AvgIpc) is 2.43. The van der Waals surface area contributed by atoms with E-state index in [0.717, 1.165) is 21.7 Å². The molecule has 0 atom stereocenters. The molecule has 0 saturated carbocycles. The molecule has 1 heterocycles. The SMILES string of the molecule is Cc1cc(C)cc(N(CC(=O)Nc2cccnc2)S(C)(=O)=O)c1. The van der Waals surface area contributed by atoms with E-state index in [1.807, 2.05) is 19.9 Å².